The number of aromatic amines is 1. The number of thiophene rings is 1. The van der Waals surface area contributed by atoms with Crippen LogP contribution in [0.3, 0.4) is 0 Å². The molecule has 3 heterocycles. The number of nitrogens with zero attached hydrogens (tertiary/aromatic N) is 3. The summed E-state index contributed by atoms with van der Waals surface area (Å²) in [6, 6.07) is 5.90. The van der Waals surface area contributed by atoms with Crippen molar-refractivity contribution < 1.29 is 14.3 Å². The zero-order valence-electron chi connectivity index (χ0n) is 19.9. The van der Waals surface area contributed by atoms with Gasteiger partial charge in [-0.2, -0.15) is 0 Å². The summed E-state index contributed by atoms with van der Waals surface area (Å²) in [7, 11) is 1.32. The smallest absolute Gasteiger partial charge is 0.348 e. The predicted octanol–water partition coefficient (Wildman–Crippen LogP) is 2.45. The quantitative estimate of drug-likeness (QED) is 0.519. The van der Waals surface area contributed by atoms with Crippen molar-refractivity contribution in [3.63, 3.8) is 0 Å². The van der Waals surface area contributed by atoms with Crippen LogP contribution < -0.4 is 10.9 Å². The number of hydrogen-bond donors (Lipinski definition) is 2. The molecule has 0 saturated carbocycles. The van der Waals surface area contributed by atoms with Gasteiger partial charge in [-0.25, -0.2) is 9.78 Å². The Labute approximate surface area is 201 Å². The van der Waals surface area contributed by atoms with Gasteiger partial charge >= 0.3 is 5.97 Å². The maximum Gasteiger partial charge on any atom is 0.348 e. The number of anilines is 1. The van der Waals surface area contributed by atoms with Crippen molar-refractivity contribution >= 4 is 39.1 Å². The monoisotopic (exact) mass is 483 g/mol. The van der Waals surface area contributed by atoms with Crippen LogP contribution in [-0.4, -0.2) is 71.5 Å². The molecular weight excluding hydrogens is 454 g/mol. The maximum atomic E-state index is 12.6. The van der Waals surface area contributed by atoms with Gasteiger partial charge in [-0.3, -0.25) is 19.4 Å². The Morgan fingerprint density at radius 3 is 2.53 bits per heavy atom. The first-order valence-corrected chi connectivity index (χ1v) is 12.0. The van der Waals surface area contributed by atoms with Crippen molar-refractivity contribution in [3.8, 4) is 0 Å². The molecule has 10 heteroatoms. The summed E-state index contributed by atoms with van der Waals surface area (Å²) in [5, 5.41) is 3.45. The number of fused-ring (bicyclic) bond motifs is 1. The summed E-state index contributed by atoms with van der Waals surface area (Å²) in [6.07, 6.45) is 0. The first-order chi connectivity index (χ1) is 16.3. The Kier molecular flexibility index (Phi) is 7.11. The average molecular weight is 484 g/mol. The molecule has 0 unspecified atom stereocenters. The van der Waals surface area contributed by atoms with Gasteiger partial charge in [0.2, 0.25) is 5.91 Å². The van der Waals surface area contributed by atoms with E-state index in [-0.39, 0.29) is 11.5 Å². The van der Waals surface area contributed by atoms with Crippen LogP contribution in [0.25, 0.3) is 10.2 Å². The number of rotatable bonds is 6. The van der Waals surface area contributed by atoms with E-state index in [2.05, 4.69) is 25.1 Å². The lowest BCUT2D eigenvalue weighted by Gasteiger charge is -2.33. The molecule has 1 aromatic carbocycles. The highest BCUT2D eigenvalue weighted by molar-refractivity contribution is 7.20. The number of aromatic nitrogens is 2. The normalized spacial score (nSPS) is 14.9. The largest absolute Gasteiger partial charge is 0.465 e. The Hall–Kier alpha value is -3.08. The van der Waals surface area contributed by atoms with Gasteiger partial charge in [-0.15, -0.1) is 11.3 Å². The fourth-order valence-electron chi connectivity index (χ4n) is 4.15. The van der Waals surface area contributed by atoms with E-state index in [1.807, 2.05) is 32.0 Å². The minimum Gasteiger partial charge on any atom is -0.465 e. The number of carbonyl (C=O) groups is 2. The molecule has 1 saturated heterocycles. The van der Waals surface area contributed by atoms with E-state index in [0.29, 0.717) is 39.6 Å². The number of amides is 1. The highest BCUT2D eigenvalue weighted by atomic mass is 32.1. The van der Waals surface area contributed by atoms with Crippen molar-refractivity contribution in [2.24, 2.45) is 0 Å². The van der Waals surface area contributed by atoms with Crippen LogP contribution in [0, 0.1) is 20.8 Å². The lowest BCUT2D eigenvalue weighted by Crippen LogP contribution is -2.48. The molecule has 9 nitrogen and oxygen atoms in total. The van der Waals surface area contributed by atoms with Gasteiger partial charge in [0.25, 0.3) is 5.56 Å². The van der Waals surface area contributed by atoms with Crippen LogP contribution in [0.5, 0.6) is 0 Å². The number of methoxy groups -OCH3 is 1. The molecule has 1 amide bonds. The number of aryl methyl sites for hydroxylation is 2. The second-order valence-electron chi connectivity index (χ2n) is 8.59. The van der Waals surface area contributed by atoms with Gasteiger partial charge in [0, 0.05) is 31.9 Å². The van der Waals surface area contributed by atoms with Gasteiger partial charge in [0.15, 0.2) is 0 Å². The van der Waals surface area contributed by atoms with Crippen LogP contribution in [0.1, 0.15) is 32.2 Å². The standard InChI is InChI=1S/C24H29N5O4S/c1-14-6-5-7-17(15(14)2)25-19(30)13-29-10-8-28(9-11-29)12-18-26-22(31)20-16(3)21(24(32)33-4)34-23(20)27-18/h5-7H,8-13H2,1-4H3,(H,25,30)(H,26,27,31). The number of ether oxygens (including phenoxy) is 1. The molecule has 1 aliphatic rings. The number of benzene rings is 1. The number of hydrogen-bond acceptors (Lipinski definition) is 8. The Bertz CT molecular complexity index is 1290. The topological polar surface area (TPSA) is 108 Å². The molecule has 1 aliphatic heterocycles. The molecule has 0 spiro atoms. The average Bonchev–Trinajstić information content (AvgIpc) is 3.14. The number of esters is 1. The van der Waals surface area contributed by atoms with E-state index in [1.54, 1.807) is 6.92 Å². The second kappa shape index (κ2) is 10.0. The van der Waals surface area contributed by atoms with E-state index < -0.39 is 5.97 Å². The molecule has 34 heavy (non-hydrogen) atoms. The summed E-state index contributed by atoms with van der Waals surface area (Å²) in [6.45, 7) is 9.62. The first-order valence-electron chi connectivity index (χ1n) is 11.2. The SMILES string of the molecule is COC(=O)c1sc2nc(CN3CCN(CC(=O)Nc4cccc(C)c4C)CC3)[nH]c(=O)c2c1C. The fraction of sp³-hybridized carbons (Fsp3) is 0.417. The van der Waals surface area contributed by atoms with Crippen LogP contribution in [0.2, 0.25) is 0 Å². The van der Waals surface area contributed by atoms with E-state index >= 15 is 0 Å². The summed E-state index contributed by atoms with van der Waals surface area (Å²) >= 11 is 1.18. The Morgan fingerprint density at radius 2 is 1.82 bits per heavy atom. The molecule has 2 N–H and O–H groups in total. The van der Waals surface area contributed by atoms with Gasteiger partial charge in [-0.05, 0) is 43.5 Å². The molecule has 180 valence electrons. The molecule has 0 aliphatic carbocycles. The van der Waals surface area contributed by atoms with Gasteiger partial charge in [-0.1, -0.05) is 12.1 Å². The third-order valence-electron chi connectivity index (χ3n) is 6.30. The minimum absolute atomic E-state index is 0.0203. The van der Waals surface area contributed by atoms with Gasteiger partial charge in [0.05, 0.1) is 25.6 Å². The van der Waals surface area contributed by atoms with Crippen LogP contribution >= 0.6 is 11.3 Å². The van der Waals surface area contributed by atoms with E-state index in [0.717, 1.165) is 43.0 Å². The molecule has 3 aromatic rings. The lowest BCUT2D eigenvalue weighted by atomic mass is 10.1. The maximum absolute atomic E-state index is 12.6. The van der Waals surface area contributed by atoms with E-state index in [9.17, 15) is 14.4 Å². The van der Waals surface area contributed by atoms with Crippen molar-refractivity contribution in [1.29, 1.82) is 0 Å². The molecule has 2 aromatic heterocycles. The predicted molar refractivity (Wildman–Crippen MR) is 133 cm³/mol. The third kappa shape index (κ3) is 5.03. The van der Waals surface area contributed by atoms with Gasteiger partial charge < -0.3 is 15.0 Å². The zero-order valence-corrected chi connectivity index (χ0v) is 20.7. The molecule has 0 radical (unpaired) electrons. The molecule has 0 atom stereocenters. The van der Waals surface area contributed by atoms with Gasteiger partial charge in [0.1, 0.15) is 15.5 Å². The summed E-state index contributed by atoms with van der Waals surface area (Å²) in [4.78, 5) is 49.9. The highest BCUT2D eigenvalue weighted by Gasteiger charge is 2.22. The number of piperazine rings is 1. The molecular formula is C24H29N5O4S. The van der Waals surface area contributed by atoms with Crippen LogP contribution in [0.15, 0.2) is 23.0 Å². The van der Waals surface area contributed by atoms with Crippen LogP contribution in [-0.2, 0) is 16.1 Å². The number of carbonyl (C=O) groups excluding carboxylic acids is 2. The zero-order chi connectivity index (χ0) is 24.4. The summed E-state index contributed by atoms with van der Waals surface area (Å²) in [5.41, 5.74) is 3.44. The lowest BCUT2D eigenvalue weighted by molar-refractivity contribution is -0.117. The number of H-pyrrole nitrogens is 1. The van der Waals surface area contributed by atoms with Crippen molar-refractivity contribution in [3.05, 3.63) is 55.9 Å². The highest BCUT2D eigenvalue weighted by Crippen LogP contribution is 2.27. The number of nitrogens with one attached hydrogen (secondary N) is 2. The second-order valence-corrected chi connectivity index (χ2v) is 9.59. The Balaban J connectivity index is 1.35. The molecule has 1 fully saturated rings. The molecule has 4 rings (SSSR count). The first kappa shape index (κ1) is 24.1. The van der Waals surface area contributed by atoms with E-state index in [1.165, 1.54) is 18.4 Å². The van der Waals surface area contributed by atoms with Crippen LogP contribution in [0.4, 0.5) is 5.69 Å². The fourth-order valence-corrected chi connectivity index (χ4v) is 5.27. The van der Waals surface area contributed by atoms with E-state index in [4.69, 9.17) is 4.74 Å². The minimum atomic E-state index is -0.459. The van der Waals surface area contributed by atoms with Crippen molar-refractivity contribution in [2.45, 2.75) is 27.3 Å². The summed E-state index contributed by atoms with van der Waals surface area (Å²) < 4.78 is 4.81. The summed E-state index contributed by atoms with van der Waals surface area (Å²) in [5.74, 6) is 0.0866. The van der Waals surface area contributed by atoms with Crippen molar-refractivity contribution in [2.75, 3.05) is 45.2 Å². The molecule has 0 bridgehead atoms. The third-order valence-corrected chi connectivity index (χ3v) is 7.47. The Morgan fingerprint density at radius 1 is 1.12 bits per heavy atom. The van der Waals surface area contributed by atoms with Crippen molar-refractivity contribution in [1.82, 2.24) is 19.8 Å².